The average molecular weight is 586 g/mol. The number of nitriles is 1. The van der Waals surface area contributed by atoms with Gasteiger partial charge in [0.15, 0.2) is 0 Å². The maximum absolute atomic E-state index is 10.3. The van der Waals surface area contributed by atoms with Gasteiger partial charge in [0, 0.05) is 32.9 Å². The Kier molecular flexibility index (Phi) is 5.88. The Hall–Kier alpha value is -6.37. The molecular formula is C43H27N3. The molecule has 0 aliphatic rings. The summed E-state index contributed by atoms with van der Waals surface area (Å²) >= 11 is 0. The predicted molar refractivity (Wildman–Crippen MR) is 191 cm³/mol. The number of fused-ring (bicyclic) bond motifs is 6. The topological polar surface area (TPSA) is 33.6 Å². The molecule has 0 saturated heterocycles. The van der Waals surface area contributed by atoms with Crippen molar-refractivity contribution in [3.63, 3.8) is 0 Å². The first-order chi connectivity index (χ1) is 22.8. The van der Waals surface area contributed by atoms with E-state index in [2.05, 4.69) is 167 Å². The molecule has 0 saturated carbocycles. The fourth-order valence-corrected chi connectivity index (χ4v) is 7.08. The summed E-state index contributed by atoms with van der Waals surface area (Å²) in [6.07, 6.45) is 0. The second-order valence-electron chi connectivity index (χ2n) is 11.8. The molecule has 0 aliphatic carbocycles. The van der Waals surface area contributed by atoms with Gasteiger partial charge in [-0.3, -0.25) is 0 Å². The van der Waals surface area contributed by atoms with Crippen molar-refractivity contribution in [2.75, 3.05) is 0 Å². The lowest BCUT2D eigenvalue weighted by molar-refractivity contribution is 1.17. The van der Waals surface area contributed by atoms with Gasteiger partial charge in [0.1, 0.15) is 0 Å². The lowest BCUT2D eigenvalue weighted by Gasteiger charge is -2.15. The Morgan fingerprint density at radius 3 is 1.17 bits per heavy atom. The van der Waals surface area contributed by atoms with Crippen molar-refractivity contribution in [3.8, 4) is 39.7 Å². The highest BCUT2D eigenvalue weighted by Crippen LogP contribution is 2.38. The number of aromatic nitrogens is 2. The van der Waals surface area contributed by atoms with Gasteiger partial charge in [0.25, 0.3) is 0 Å². The predicted octanol–water partition coefficient (Wildman–Crippen LogP) is 11.1. The molecule has 2 heterocycles. The molecule has 3 nitrogen and oxygen atoms in total. The Morgan fingerprint density at radius 1 is 0.348 bits per heavy atom. The zero-order chi connectivity index (χ0) is 30.6. The van der Waals surface area contributed by atoms with Gasteiger partial charge in [-0.2, -0.15) is 5.26 Å². The molecular weight excluding hydrogens is 558 g/mol. The van der Waals surface area contributed by atoms with Gasteiger partial charge in [-0.25, -0.2) is 0 Å². The van der Waals surface area contributed by atoms with Crippen LogP contribution in [-0.4, -0.2) is 9.13 Å². The van der Waals surface area contributed by atoms with Gasteiger partial charge in [-0.05, 0) is 82.9 Å². The molecule has 9 rings (SSSR count). The molecule has 3 heteroatoms. The van der Waals surface area contributed by atoms with E-state index in [1.807, 2.05) is 12.1 Å². The van der Waals surface area contributed by atoms with Crippen molar-refractivity contribution < 1.29 is 0 Å². The highest BCUT2D eigenvalue weighted by atomic mass is 15.0. The molecule has 0 amide bonds. The van der Waals surface area contributed by atoms with Crippen LogP contribution in [0, 0.1) is 11.3 Å². The molecule has 2 aromatic heterocycles. The Labute approximate surface area is 266 Å². The second-order valence-corrected chi connectivity index (χ2v) is 11.8. The van der Waals surface area contributed by atoms with Crippen molar-refractivity contribution in [3.05, 3.63) is 169 Å². The molecule has 46 heavy (non-hydrogen) atoms. The zero-order valence-electron chi connectivity index (χ0n) is 24.9. The normalized spacial score (nSPS) is 11.5. The van der Waals surface area contributed by atoms with Crippen LogP contribution in [0.1, 0.15) is 5.56 Å². The summed E-state index contributed by atoms with van der Waals surface area (Å²) in [5.74, 6) is 0. The van der Waals surface area contributed by atoms with Crippen LogP contribution in [0.2, 0.25) is 0 Å². The summed E-state index contributed by atoms with van der Waals surface area (Å²) < 4.78 is 4.65. The summed E-state index contributed by atoms with van der Waals surface area (Å²) in [7, 11) is 0. The Morgan fingerprint density at radius 2 is 0.717 bits per heavy atom. The monoisotopic (exact) mass is 585 g/mol. The van der Waals surface area contributed by atoms with Crippen molar-refractivity contribution in [2.24, 2.45) is 0 Å². The molecule has 0 atom stereocenters. The SMILES string of the molecule is N#Cc1cc(-c2cc(-c3ccccc3)cc(-n3c4ccccc4c4ccccc43)c2)cc(-n2c3ccccc3c3ccccc32)c1. The molecule has 0 N–H and O–H groups in total. The highest BCUT2D eigenvalue weighted by molar-refractivity contribution is 6.10. The molecule has 0 unspecified atom stereocenters. The van der Waals surface area contributed by atoms with Gasteiger partial charge in [0.05, 0.1) is 33.7 Å². The third kappa shape index (κ3) is 4.05. The van der Waals surface area contributed by atoms with Crippen molar-refractivity contribution >= 4 is 43.6 Å². The maximum Gasteiger partial charge on any atom is 0.0992 e. The lowest BCUT2D eigenvalue weighted by atomic mass is 9.96. The van der Waals surface area contributed by atoms with Gasteiger partial charge in [-0.15, -0.1) is 0 Å². The van der Waals surface area contributed by atoms with Crippen molar-refractivity contribution in [1.29, 1.82) is 5.26 Å². The van der Waals surface area contributed by atoms with E-state index in [4.69, 9.17) is 0 Å². The van der Waals surface area contributed by atoms with Crippen LogP contribution in [0.15, 0.2) is 164 Å². The van der Waals surface area contributed by atoms with Crippen LogP contribution in [0.5, 0.6) is 0 Å². The number of para-hydroxylation sites is 4. The number of benzene rings is 7. The van der Waals surface area contributed by atoms with E-state index in [0.29, 0.717) is 5.56 Å². The van der Waals surface area contributed by atoms with Gasteiger partial charge in [-0.1, -0.05) is 103 Å². The maximum atomic E-state index is 10.3. The molecule has 0 radical (unpaired) electrons. The first-order valence-corrected chi connectivity index (χ1v) is 15.5. The minimum absolute atomic E-state index is 0.623. The molecule has 0 spiro atoms. The number of hydrogen-bond acceptors (Lipinski definition) is 1. The fourth-order valence-electron chi connectivity index (χ4n) is 7.08. The first-order valence-electron chi connectivity index (χ1n) is 15.5. The minimum Gasteiger partial charge on any atom is -0.309 e. The van der Waals surface area contributed by atoms with Crippen LogP contribution in [0.3, 0.4) is 0 Å². The van der Waals surface area contributed by atoms with E-state index in [1.54, 1.807) is 0 Å². The van der Waals surface area contributed by atoms with E-state index in [0.717, 1.165) is 55.7 Å². The largest absolute Gasteiger partial charge is 0.309 e. The fraction of sp³-hybridized carbons (Fsp3) is 0. The van der Waals surface area contributed by atoms with E-state index < -0.39 is 0 Å². The van der Waals surface area contributed by atoms with Crippen LogP contribution in [0.25, 0.3) is 77.2 Å². The third-order valence-electron chi connectivity index (χ3n) is 9.08. The Balaban J connectivity index is 1.33. The van der Waals surface area contributed by atoms with Crippen molar-refractivity contribution in [2.45, 2.75) is 0 Å². The van der Waals surface area contributed by atoms with Crippen LogP contribution in [-0.2, 0) is 0 Å². The summed E-state index contributed by atoms with van der Waals surface area (Å²) in [5.41, 5.74) is 11.5. The van der Waals surface area contributed by atoms with Gasteiger partial charge in [0.2, 0.25) is 0 Å². The highest BCUT2D eigenvalue weighted by Gasteiger charge is 2.17. The standard InChI is InChI=1S/C43H27N3/c44-28-29-22-31(25-34(23-29)45-40-18-8-4-14-36(40)37-15-5-9-19-41(37)45)33-24-32(30-12-2-1-3-13-30)26-35(27-33)46-42-20-10-6-16-38(42)39-17-7-11-21-43(39)46/h1-27H. The van der Waals surface area contributed by atoms with Crippen LogP contribution in [0.4, 0.5) is 0 Å². The van der Waals surface area contributed by atoms with E-state index in [1.165, 1.54) is 21.5 Å². The average Bonchev–Trinajstić information content (AvgIpc) is 3.65. The summed E-state index contributed by atoms with van der Waals surface area (Å²) in [5, 5.41) is 15.1. The molecule has 9 aromatic rings. The lowest BCUT2D eigenvalue weighted by Crippen LogP contribution is -1.98. The van der Waals surface area contributed by atoms with Gasteiger partial charge >= 0.3 is 0 Å². The molecule has 214 valence electrons. The van der Waals surface area contributed by atoms with Crippen molar-refractivity contribution in [1.82, 2.24) is 9.13 Å². The Bertz CT molecular complexity index is 2540. The number of hydrogen-bond donors (Lipinski definition) is 0. The quantitative estimate of drug-likeness (QED) is 0.202. The number of rotatable bonds is 4. The first kappa shape index (κ1) is 26.1. The van der Waals surface area contributed by atoms with Gasteiger partial charge < -0.3 is 9.13 Å². The molecule has 0 bridgehead atoms. The molecule has 0 fully saturated rings. The molecule has 0 aliphatic heterocycles. The smallest absolute Gasteiger partial charge is 0.0992 e. The number of nitrogens with zero attached hydrogens (tertiary/aromatic N) is 3. The summed E-state index contributed by atoms with van der Waals surface area (Å²) in [6, 6.07) is 60.2. The van der Waals surface area contributed by atoms with Crippen LogP contribution < -0.4 is 0 Å². The minimum atomic E-state index is 0.623. The van der Waals surface area contributed by atoms with E-state index in [-0.39, 0.29) is 0 Å². The molecule has 7 aromatic carbocycles. The van der Waals surface area contributed by atoms with E-state index in [9.17, 15) is 5.26 Å². The summed E-state index contributed by atoms with van der Waals surface area (Å²) in [4.78, 5) is 0. The van der Waals surface area contributed by atoms with E-state index >= 15 is 0 Å². The van der Waals surface area contributed by atoms with Crippen LogP contribution >= 0.6 is 0 Å². The third-order valence-corrected chi connectivity index (χ3v) is 9.08. The zero-order valence-corrected chi connectivity index (χ0v) is 24.9. The summed E-state index contributed by atoms with van der Waals surface area (Å²) in [6.45, 7) is 0. The second kappa shape index (κ2) is 10.4.